The summed E-state index contributed by atoms with van der Waals surface area (Å²) < 4.78 is 39.5. The van der Waals surface area contributed by atoms with Crippen LogP contribution in [0.25, 0.3) is 0 Å². The van der Waals surface area contributed by atoms with E-state index in [0.29, 0.717) is 37.8 Å². The first kappa shape index (κ1) is 24.0. The van der Waals surface area contributed by atoms with Crippen molar-refractivity contribution in [3.8, 4) is 5.75 Å². The van der Waals surface area contributed by atoms with E-state index in [0.717, 1.165) is 31.4 Å². The molecular formula is C24H29ClN2O5S. The Morgan fingerprint density at radius 1 is 1.12 bits per heavy atom. The fraction of sp³-hybridized carbons (Fsp3) is 0.458. The molecule has 4 rings (SSSR count). The van der Waals surface area contributed by atoms with Crippen LogP contribution in [0.5, 0.6) is 5.75 Å². The topological polar surface area (TPSA) is 84.9 Å². The standard InChI is InChI=1S/C24H29ClN2O5S/c25-22-9-8-19(15-23(22)33(29,30)26-16-21-7-4-14-31-21)24(28)27-12-10-18(11-13-27)17-32-20-5-2-1-3-6-20/h1-3,5-6,8-9,15,18,21,26H,4,7,10-14,16-17H2. The van der Waals surface area contributed by atoms with Crippen molar-refractivity contribution >= 4 is 27.5 Å². The molecule has 7 nitrogen and oxygen atoms in total. The van der Waals surface area contributed by atoms with E-state index in [4.69, 9.17) is 21.1 Å². The van der Waals surface area contributed by atoms with E-state index in [1.165, 1.54) is 12.1 Å². The average Bonchev–Trinajstić information content (AvgIpc) is 3.36. The van der Waals surface area contributed by atoms with Gasteiger partial charge in [-0.25, -0.2) is 13.1 Å². The van der Waals surface area contributed by atoms with E-state index in [1.54, 1.807) is 11.0 Å². The van der Waals surface area contributed by atoms with Crippen molar-refractivity contribution in [1.29, 1.82) is 0 Å². The van der Waals surface area contributed by atoms with E-state index in [1.807, 2.05) is 30.3 Å². The number of nitrogens with one attached hydrogen (secondary N) is 1. The number of likely N-dealkylation sites (tertiary alicyclic amines) is 1. The first-order valence-electron chi connectivity index (χ1n) is 11.3. The van der Waals surface area contributed by atoms with Crippen LogP contribution in [-0.4, -0.2) is 58.2 Å². The first-order valence-corrected chi connectivity index (χ1v) is 13.2. The fourth-order valence-electron chi connectivity index (χ4n) is 4.14. The molecule has 2 fully saturated rings. The summed E-state index contributed by atoms with van der Waals surface area (Å²) in [6.45, 7) is 2.65. The van der Waals surface area contributed by atoms with E-state index < -0.39 is 10.0 Å². The Balaban J connectivity index is 1.34. The third-order valence-electron chi connectivity index (χ3n) is 6.12. The molecule has 0 bridgehead atoms. The minimum Gasteiger partial charge on any atom is -0.493 e. The highest BCUT2D eigenvalue weighted by atomic mass is 35.5. The molecule has 0 aliphatic carbocycles. The van der Waals surface area contributed by atoms with Gasteiger partial charge in [0.1, 0.15) is 10.6 Å². The van der Waals surface area contributed by atoms with Gasteiger partial charge in [0.15, 0.2) is 0 Å². The number of amides is 1. The van der Waals surface area contributed by atoms with Crippen LogP contribution in [0.1, 0.15) is 36.0 Å². The SMILES string of the molecule is O=C(c1ccc(Cl)c(S(=O)(=O)NCC2CCCO2)c1)N1CCC(COc2ccccc2)CC1. The third-order valence-corrected chi connectivity index (χ3v) is 8.03. The Morgan fingerprint density at radius 3 is 2.58 bits per heavy atom. The number of rotatable bonds is 8. The lowest BCUT2D eigenvalue weighted by atomic mass is 9.97. The number of para-hydroxylation sites is 1. The molecule has 2 aliphatic heterocycles. The molecule has 9 heteroatoms. The highest BCUT2D eigenvalue weighted by Crippen LogP contribution is 2.26. The van der Waals surface area contributed by atoms with Crippen molar-refractivity contribution in [2.45, 2.75) is 36.7 Å². The van der Waals surface area contributed by atoms with Gasteiger partial charge in [0.05, 0.1) is 17.7 Å². The summed E-state index contributed by atoms with van der Waals surface area (Å²) in [4.78, 5) is 14.7. The first-order chi connectivity index (χ1) is 15.9. The molecule has 2 saturated heterocycles. The molecule has 1 atom stereocenters. The molecule has 178 valence electrons. The summed E-state index contributed by atoms with van der Waals surface area (Å²) in [5, 5.41) is 0.0863. The summed E-state index contributed by atoms with van der Waals surface area (Å²) in [6, 6.07) is 14.1. The number of halogens is 1. The Bertz CT molecular complexity index is 1050. The van der Waals surface area contributed by atoms with E-state index in [-0.39, 0.29) is 28.5 Å². The van der Waals surface area contributed by atoms with Crippen LogP contribution >= 0.6 is 11.6 Å². The Kier molecular flexibility index (Phi) is 7.90. The molecule has 0 aromatic heterocycles. The van der Waals surface area contributed by atoms with Crippen LogP contribution < -0.4 is 9.46 Å². The number of carbonyl (C=O) groups excluding carboxylic acids is 1. The third kappa shape index (κ3) is 6.26. The van der Waals surface area contributed by atoms with Crippen molar-refractivity contribution < 1.29 is 22.7 Å². The Morgan fingerprint density at radius 2 is 1.88 bits per heavy atom. The highest BCUT2D eigenvalue weighted by Gasteiger charge is 2.27. The fourth-order valence-corrected chi connectivity index (χ4v) is 5.73. The van der Waals surface area contributed by atoms with Crippen LogP contribution in [0.15, 0.2) is 53.4 Å². The molecule has 1 N–H and O–H groups in total. The van der Waals surface area contributed by atoms with Gasteiger partial charge in [-0.15, -0.1) is 0 Å². The van der Waals surface area contributed by atoms with Gasteiger partial charge >= 0.3 is 0 Å². The molecule has 0 spiro atoms. The number of piperidine rings is 1. The molecular weight excluding hydrogens is 464 g/mol. The van der Waals surface area contributed by atoms with Gasteiger partial charge in [-0.1, -0.05) is 29.8 Å². The molecule has 2 heterocycles. The highest BCUT2D eigenvalue weighted by molar-refractivity contribution is 7.89. The van der Waals surface area contributed by atoms with E-state index in [9.17, 15) is 13.2 Å². The molecule has 2 aromatic rings. The summed E-state index contributed by atoms with van der Waals surface area (Å²) in [5.41, 5.74) is 0.316. The van der Waals surface area contributed by atoms with Crippen molar-refractivity contribution in [2.24, 2.45) is 5.92 Å². The number of sulfonamides is 1. The van der Waals surface area contributed by atoms with E-state index in [2.05, 4.69) is 4.72 Å². The smallest absolute Gasteiger partial charge is 0.253 e. The van der Waals surface area contributed by atoms with Gasteiger partial charge in [0, 0.05) is 31.8 Å². The number of hydrogen-bond acceptors (Lipinski definition) is 5. The maximum Gasteiger partial charge on any atom is 0.253 e. The monoisotopic (exact) mass is 492 g/mol. The Labute approximate surface area is 200 Å². The van der Waals surface area contributed by atoms with Gasteiger partial charge in [0.25, 0.3) is 5.91 Å². The summed E-state index contributed by atoms with van der Waals surface area (Å²) in [5.74, 6) is 1.03. The van der Waals surface area contributed by atoms with Crippen molar-refractivity contribution in [1.82, 2.24) is 9.62 Å². The van der Waals surface area contributed by atoms with Gasteiger partial charge in [0.2, 0.25) is 10.0 Å². The predicted octanol–water partition coefficient (Wildman–Crippen LogP) is 3.73. The van der Waals surface area contributed by atoms with Crippen LogP contribution in [0.4, 0.5) is 0 Å². The normalized spacial score (nSPS) is 19.5. The zero-order valence-electron chi connectivity index (χ0n) is 18.4. The number of ether oxygens (including phenoxy) is 2. The zero-order chi connectivity index (χ0) is 23.3. The van der Waals surface area contributed by atoms with Crippen molar-refractivity contribution in [3.05, 3.63) is 59.1 Å². The maximum absolute atomic E-state index is 13.1. The number of carbonyl (C=O) groups is 1. The van der Waals surface area contributed by atoms with Crippen LogP contribution in [0.3, 0.4) is 0 Å². The maximum atomic E-state index is 13.1. The van der Waals surface area contributed by atoms with Crippen molar-refractivity contribution in [2.75, 3.05) is 32.8 Å². The van der Waals surface area contributed by atoms with Crippen LogP contribution in [0.2, 0.25) is 5.02 Å². The molecule has 1 amide bonds. The second-order valence-electron chi connectivity index (χ2n) is 8.49. The average molecular weight is 493 g/mol. The molecule has 1 unspecified atom stereocenters. The van der Waals surface area contributed by atoms with E-state index >= 15 is 0 Å². The summed E-state index contributed by atoms with van der Waals surface area (Å²) >= 11 is 6.18. The molecule has 2 aliphatic rings. The number of nitrogens with zero attached hydrogens (tertiary/aromatic N) is 1. The summed E-state index contributed by atoms with van der Waals surface area (Å²) in [6.07, 6.45) is 3.28. The molecule has 2 aromatic carbocycles. The molecule has 33 heavy (non-hydrogen) atoms. The largest absolute Gasteiger partial charge is 0.493 e. The van der Waals surface area contributed by atoms with Gasteiger partial charge in [-0.2, -0.15) is 0 Å². The minimum atomic E-state index is -3.86. The van der Waals surface area contributed by atoms with Gasteiger partial charge < -0.3 is 14.4 Å². The number of hydrogen-bond donors (Lipinski definition) is 1. The second kappa shape index (κ2) is 10.9. The zero-order valence-corrected chi connectivity index (χ0v) is 20.0. The van der Waals surface area contributed by atoms with Gasteiger partial charge in [-0.05, 0) is 61.9 Å². The Hall–Kier alpha value is -2.13. The van der Waals surface area contributed by atoms with Gasteiger partial charge in [-0.3, -0.25) is 4.79 Å². The molecule has 0 saturated carbocycles. The predicted molar refractivity (Wildman–Crippen MR) is 126 cm³/mol. The second-order valence-corrected chi connectivity index (χ2v) is 10.6. The van der Waals surface area contributed by atoms with Crippen molar-refractivity contribution in [3.63, 3.8) is 0 Å². The lowest BCUT2D eigenvalue weighted by molar-refractivity contribution is 0.0661. The lowest BCUT2D eigenvalue weighted by Crippen LogP contribution is -2.39. The summed E-state index contributed by atoms with van der Waals surface area (Å²) in [7, 11) is -3.86. The quantitative estimate of drug-likeness (QED) is 0.607. The lowest BCUT2D eigenvalue weighted by Gasteiger charge is -2.32. The minimum absolute atomic E-state index is 0.0841. The number of benzene rings is 2. The van der Waals surface area contributed by atoms with Crippen LogP contribution in [0, 0.1) is 5.92 Å². The molecule has 0 radical (unpaired) electrons. The van der Waals surface area contributed by atoms with Crippen LogP contribution in [-0.2, 0) is 14.8 Å².